The van der Waals surface area contributed by atoms with Crippen LogP contribution < -0.4 is 0 Å². The topological polar surface area (TPSA) is 88.4 Å². The van der Waals surface area contributed by atoms with E-state index in [4.69, 9.17) is 8.85 Å². The molecule has 0 aromatic carbocycles. The standard InChI is InChI=1S/C10H19NO5SSi/c1-8(2)18(14)15-6-10(5-12,16-18)11-7-17(13)9-3-4-9/h7-9,12,14H,3-6H2,1-2H3/b11-7+. The summed E-state index contributed by atoms with van der Waals surface area (Å²) < 4.78 is 22.5. The van der Waals surface area contributed by atoms with Gasteiger partial charge in [-0.1, -0.05) is 13.8 Å². The van der Waals surface area contributed by atoms with E-state index in [1.54, 1.807) is 13.8 Å². The lowest BCUT2D eigenvalue weighted by molar-refractivity contribution is 0.0210. The van der Waals surface area contributed by atoms with Gasteiger partial charge in [-0.2, -0.15) is 0 Å². The molecule has 2 rings (SSSR count). The van der Waals surface area contributed by atoms with Crippen LogP contribution in [0, 0.1) is 0 Å². The summed E-state index contributed by atoms with van der Waals surface area (Å²) in [4.78, 5) is 14.2. The maximum absolute atomic E-state index is 11.6. The molecule has 0 radical (unpaired) electrons. The summed E-state index contributed by atoms with van der Waals surface area (Å²) in [5.41, 5.74) is -0.122. The van der Waals surface area contributed by atoms with Gasteiger partial charge in [-0.15, -0.1) is 0 Å². The van der Waals surface area contributed by atoms with Crippen LogP contribution in [0.3, 0.4) is 0 Å². The van der Waals surface area contributed by atoms with Gasteiger partial charge in [0.25, 0.3) is 0 Å². The number of rotatable bonds is 5. The van der Waals surface area contributed by atoms with E-state index in [1.807, 2.05) is 0 Å². The molecule has 0 spiro atoms. The van der Waals surface area contributed by atoms with Crippen LogP contribution in [0.2, 0.25) is 5.54 Å². The Morgan fingerprint density at radius 3 is 2.72 bits per heavy atom. The fourth-order valence-corrected chi connectivity index (χ4v) is 4.40. The quantitative estimate of drug-likeness (QED) is 0.423. The monoisotopic (exact) mass is 293 g/mol. The van der Waals surface area contributed by atoms with E-state index in [0.29, 0.717) is 0 Å². The Labute approximate surface area is 110 Å². The molecule has 0 bridgehead atoms. The molecule has 3 atom stereocenters. The first-order chi connectivity index (χ1) is 8.41. The smallest absolute Gasteiger partial charge is 0.391 e. The third-order valence-electron chi connectivity index (χ3n) is 3.06. The highest BCUT2D eigenvalue weighted by molar-refractivity contribution is 7.99. The Balaban J connectivity index is 2.06. The highest BCUT2D eigenvalue weighted by atomic mass is 32.2. The number of hydrogen-bond donors (Lipinski definition) is 2. The van der Waals surface area contributed by atoms with Gasteiger partial charge in [0.2, 0.25) is 0 Å². The zero-order valence-electron chi connectivity index (χ0n) is 10.5. The first-order valence-corrected chi connectivity index (χ1v) is 9.14. The molecule has 6 nitrogen and oxygen atoms in total. The van der Waals surface area contributed by atoms with Gasteiger partial charge < -0.3 is 18.8 Å². The third kappa shape index (κ3) is 2.89. The molecule has 1 saturated carbocycles. The summed E-state index contributed by atoms with van der Waals surface area (Å²) in [6, 6.07) is 0. The summed E-state index contributed by atoms with van der Waals surface area (Å²) in [5.74, 6) is 0. The molecule has 2 N–H and O–H groups in total. The molecule has 2 aliphatic rings. The van der Waals surface area contributed by atoms with Crippen molar-refractivity contribution in [3.8, 4) is 0 Å². The molecule has 1 saturated heterocycles. The van der Waals surface area contributed by atoms with Gasteiger partial charge in [0, 0.05) is 10.8 Å². The molecule has 2 fully saturated rings. The highest BCUT2D eigenvalue weighted by Crippen LogP contribution is 2.34. The highest BCUT2D eigenvalue weighted by Gasteiger charge is 2.56. The summed E-state index contributed by atoms with van der Waals surface area (Å²) >= 11 is 0. The van der Waals surface area contributed by atoms with Gasteiger partial charge in [-0.05, 0) is 12.8 Å². The Morgan fingerprint density at radius 1 is 1.61 bits per heavy atom. The van der Waals surface area contributed by atoms with Crippen molar-refractivity contribution in [2.75, 3.05) is 13.2 Å². The maximum atomic E-state index is 11.6. The number of aliphatic hydroxyl groups excluding tert-OH is 1. The number of aliphatic hydroxyl groups is 1. The molecule has 0 aromatic rings. The second kappa shape index (κ2) is 5.10. The van der Waals surface area contributed by atoms with Crippen LogP contribution in [0.5, 0.6) is 0 Å². The van der Waals surface area contributed by atoms with Crippen LogP contribution in [-0.2, 0) is 19.7 Å². The fourth-order valence-electron chi connectivity index (χ4n) is 1.55. The molecular formula is C10H19NO5SSi. The number of hydrogen-bond acceptors (Lipinski definition) is 6. The van der Waals surface area contributed by atoms with E-state index in [-0.39, 0.29) is 17.4 Å². The van der Waals surface area contributed by atoms with Crippen molar-refractivity contribution in [1.29, 1.82) is 0 Å². The minimum absolute atomic E-state index is 0.00275. The number of aliphatic imine (C=N–C) groups is 1. The predicted molar refractivity (Wildman–Crippen MR) is 69.6 cm³/mol. The Kier molecular flexibility index (Phi) is 4.05. The van der Waals surface area contributed by atoms with Crippen LogP contribution in [-0.4, -0.2) is 52.7 Å². The van der Waals surface area contributed by atoms with E-state index in [1.165, 1.54) is 5.55 Å². The lowest BCUT2D eigenvalue weighted by atomic mass is 10.3. The van der Waals surface area contributed by atoms with Gasteiger partial charge in [-0.25, -0.2) is 4.99 Å². The zero-order valence-corrected chi connectivity index (χ0v) is 12.4. The van der Waals surface area contributed by atoms with Crippen molar-refractivity contribution in [2.24, 2.45) is 4.99 Å². The first kappa shape index (κ1) is 14.3. The summed E-state index contributed by atoms with van der Waals surface area (Å²) in [6.45, 7) is 3.20. The fraction of sp³-hybridized carbons (Fsp3) is 0.900. The molecule has 1 aliphatic heterocycles. The molecular weight excluding hydrogens is 274 g/mol. The van der Waals surface area contributed by atoms with Gasteiger partial charge in [0.15, 0.2) is 5.72 Å². The normalized spacial score (nSPS) is 38.7. The van der Waals surface area contributed by atoms with E-state index in [0.717, 1.165) is 12.8 Å². The molecule has 0 aromatic heterocycles. The lowest BCUT2D eigenvalue weighted by Gasteiger charge is -2.24. The molecule has 104 valence electrons. The van der Waals surface area contributed by atoms with Crippen LogP contribution >= 0.6 is 0 Å². The second-order valence-corrected chi connectivity index (χ2v) is 9.49. The molecule has 18 heavy (non-hydrogen) atoms. The minimum Gasteiger partial charge on any atom is -0.391 e. The summed E-state index contributed by atoms with van der Waals surface area (Å²) in [6.07, 6.45) is 1.90. The SMILES string of the molecule is CC(C)[Si]1(O)OCC(CO)(/N=C/S(=O)C2CC2)O1. The van der Waals surface area contributed by atoms with Crippen molar-refractivity contribution in [3.05, 3.63) is 0 Å². The van der Waals surface area contributed by atoms with E-state index >= 15 is 0 Å². The third-order valence-corrected chi connectivity index (χ3v) is 7.19. The van der Waals surface area contributed by atoms with E-state index in [9.17, 15) is 14.1 Å². The predicted octanol–water partition coefficient (Wildman–Crippen LogP) is 0.00240. The molecule has 1 aliphatic carbocycles. The average molecular weight is 293 g/mol. The molecule has 8 heteroatoms. The molecule has 1 heterocycles. The average Bonchev–Trinajstić information content (AvgIpc) is 3.12. The van der Waals surface area contributed by atoms with Crippen molar-refractivity contribution in [1.82, 2.24) is 0 Å². The van der Waals surface area contributed by atoms with Crippen molar-refractivity contribution in [3.63, 3.8) is 0 Å². The summed E-state index contributed by atoms with van der Waals surface area (Å²) in [5, 5.41) is 9.58. The lowest BCUT2D eigenvalue weighted by Crippen LogP contribution is -2.44. The van der Waals surface area contributed by atoms with Gasteiger partial charge in [0.05, 0.1) is 29.6 Å². The number of nitrogens with zero attached hydrogens (tertiary/aromatic N) is 1. The second-order valence-electron chi connectivity index (χ2n) is 5.04. The Morgan fingerprint density at radius 2 is 2.28 bits per heavy atom. The first-order valence-electron chi connectivity index (χ1n) is 6.03. The van der Waals surface area contributed by atoms with E-state index < -0.39 is 31.9 Å². The van der Waals surface area contributed by atoms with Crippen molar-refractivity contribution >= 4 is 25.2 Å². The molecule has 0 amide bonds. The van der Waals surface area contributed by atoms with Crippen LogP contribution in [0.25, 0.3) is 0 Å². The Bertz CT molecular complexity index is 375. The van der Waals surface area contributed by atoms with Gasteiger partial charge in [0.1, 0.15) is 0 Å². The van der Waals surface area contributed by atoms with Crippen LogP contribution in [0.1, 0.15) is 26.7 Å². The van der Waals surface area contributed by atoms with E-state index in [2.05, 4.69) is 4.99 Å². The van der Waals surface area contributed by atoms with Gasteiger partial charge >= 0.3 is 8.80 Å². The maximum Gasteiger partial charge on any atom is 0.503 e. The van der Waals surface area contributed by atoms with Gasteiger partial charge in [-0.3, -0.25) is 4.21 Å². The van der Waals surface area contributed by atoms with Crippen LogP contribution in [0.15, 0.2) is 4.99 Å². The van der Waals surface area contributed by atoms with Crippen molar-refractivity contribution in [2.45, 2.75) is 43.2 Å². The van der Waals surface area contributed by atoms with Crippen LogP contribution in [0.4, 0.5) is 0 Å². The Hall–Kier alpha value is -0.123. The minimum atomic E-state index is -3.28. The summed E-state index contributed by atoms with van der Waals surface area (Å²) in [7, 11) is -4.40. The zero-order chi connectivity index (χ0) is 13.4. The van der Waals surface area contributed by atoms with Crippen molar-refractivity contribution < 1.29 is 23.0 Å². The largest absolute Gasteiger partial charge is 0.503 e. The molecule has 3 unspecified atom stereocenters.